The van der Waals surface area contributed by atoms with Gasteiger partial charge in [0.05, 0.1) is 0 Å². The van der Waals surface area contributed by atoms with Crippen LogP contribution in [0.4, 0.5) is 0 Å². The molecule has 1 aromatic rings. The summed E-state index contributed by atoms with van der Waals surface area (Å²) in [5, 5.41) is 3.53. The molecule has 0 amide bonds. The first-order valence-electron chi connectivity index (χ1n) is 6.06. The van der Waals surface area contributed by atoms with Gasteiger partial charge >= 0.3 is 0 Å². The number of benzene rings is 1. The van der Waals surface area contributed by atoms with Crippen molar-refractivity contribution in [1.82, 2.24) is 5.32 Å². The predicted molar refractivity (Wildman–Crippen MR) is 68.7 cm³/mol. The molecule has 1 atom stereocenters. The van der Waals surface area contributed by atoms with Crippen LogP contribution in [0.5, 0.6) is 0 Å². The maximum absolute atomic E-state index is 5.10. The van der Waals surface area contributed by atoms with Crippen molar-refractivity contribution in [3.63, 3.8) is 0 Å². The topological polar surface area (TPSA) is 21.3 Å². The minimum absolute atomic E-state index is 0.458. The second-order valence-electron chi connectivity index (χ2n) is 4.16. The Labute approximate surface area is 99.0 Å². The lowest BCUT2D eigenvalue weighted by molar-refractivity contribution is 0.189. The van der Waals surface area contributed by atoms with Gasteiger partial charge in [0.25, 0.3) is 0 Å². The molecule has 0 fully saturated rings. The molecule has 0 heterocycles. The summed E-state index contributed by atoms with van der Waals surface area (Å²) in [4.78, 5) is 0. The summed E-state index contributed by atoms with van der Waals surface area (Å²) >= 11 is 0. The fraction of sp³-hybridized carbons (Fsp3) is 0.571. The van der Waals surface area contributed by atoms with Gasteiger partial charge in [0.2, 0.25) is 0 Å². The molecule has 0 aromatic heterocycles. The molecule has 16 heavy (non-hydrogen) atoms. The van der Waals surface area contributed by atoms with Crippen molar-refractivity contribution in [2.75, 3.05) is 20.3 Å². The standard InChI is InChI=1S/C14H23NO/c1-4-15-14(9-6-10-16-3)13-8-5-7-12(2)11-13/h5,7-8,11,14-15H,4,6,9-10H2,1-3H3. The predicted octanol–water partition coefficient (Wildman–Crippen LogP) is 3.07. The van der Waals surface area contributed by atoms with Gasteiger partial charge in [0.1, 0.15) is 0 Å². The molecule has 90 valence electrons. The monoisotopic (exact) mass is 221 g/mol. The van der Waals surface area contributed by atoms with Crippen molar-refractivity contribution in [1.29, 1.82) is 0 Å². The van der Waals surface area contributed by atoms with Crippen molar-refractivity contribution in [3.8, 4) is 0 Å². The van der Waals surface area contributed by atoms with Gasteiger partial charge in [0.15, 0.2) is 0 Å². The molecule has 0 saturated heterocycles. The molecule has 0 saturated carbocycles. The molecule has 2 nitrogen and oxygen atoms in total. The van der Waals surface area contributed by atoms with E-state index < -0.39 is 0 Å². The fourth-order valence-corrected chi connectivity index (χ4v) is 1.95. The lowest BCUT2D eigenvalue weighted by atomic mass is 10.0. The summed E-state index contributed by atoms with van der Waals surface area (Å²) in [5.74, 6) is 0. The Hall–Kier alpha value is -0.860. The minimum Gasteiger partial charge on any atom is -0.385 e. The van der Waals surface area contributed by atoms with Crippen LogP contribution in [0.3, 0.4) is 0 Å². The first kappa shape index (κ1) is 13.2. The van der Waals surface area contributed by atoms with Crippen LogP contribution in [0.15, 0.2) is 24.3 Å². The first-order chi connectivity index (χ1) is 7.77. The molecule has 0 aliphatic carbocycles. The summed E-state index contributed by atoms with van der Waals surface area (Å²) in [6, 6.07) is 9.19. The third-order valence-electron chi connectivity index (χ3n) is 2.74. The lowest BCUT2D eigenvalue weighted by Gasteiger charge is -2.18. The van der Waals surface area contributed by atoms with Crippen LogP contribution < -0.4 is 5.32 Å². The lowest BCUT2D eigenvalue weighted by Crippen LogP contribution is -2.21. The van der Waals surface area contributed by atoms with Crippen LogP contribution in [0.1, 0.15) is 36.9 Å². The van der Waals surface area contributed by atoms with Gasteiger partial charge in [-0.2, -0.15) is 0 Å². The molecular formula is C14H23NO. The summed E-state index contributed by atoms with van der Waals surface area (Å²) in [6.45, 7) is 6.14. The Morgan fingerprint density at radius 3 is 2.81 bits per heavy atom. The van der Waals surface area contributed by atoms with Crippen molar-refractivity contribution in [2.24, 2.45) is 0 Å². The summed E-state index contributed by atoms with van der Waals surface area (Å²) < 4.78 is 5.10. The normalized spacial score (nSPS) is 12.7. The number of nitrogens with one attached hydrogen (secondary N) is 1. The van der Waals surface area contributed by atoms with Crippen molar-refractivity contribution in [2.45, 2.75) is 32.7 Å². The molecule has 0 aliphatic heterocycles. The van der Waals surface area contributed by atoms with E-state index in [2.05, 4.69) is 43.4 Å². The van der Waals surface area contributed by atoms with E-state index in [0.717, 1.165) is 26.0 Å². The van der Waals surface area contributed by atoms with Gasteiger partial charge in [-0.05, 0) is 31.9 Å². The van der Waals surface area contributed by atoms with Gasteiger partial charge < -0.3 is 10.1 Å². The Morgan fingerprint density at radius 1 is 1.38 bits per heavy atom. The number of aryl methyl sites for hydroxylation is 1. The van der Waals surface area contributed by atoms with E-state index in [4.69, 9.17) is 4.74 Å². The van der Waals surface area contributed by atoms with E-state index in [1.54, 1.807) is 7.11 Å². The largest absolute Gasteiger partial charge is 0.385 e. The second-order valence-corrected chi connectivity index (χ2v) is 4.16. The molecule has 2 heteroatoms. The van der Waals surface area contributed by atoms with E-state index in [-0.39, 0.29) is 0 Å². The van der Waals surface area contributed by atoms with Crippen LogP contribution in [-0.2, 0) is 4.74 Å². The quantitative estimate of drug-likeness (QED) is 0.714. The SMILES string of the molecule is CCNC(CCCOC)c1cccc(C)c1. The Kier molecular flexibility index (Phi) is 6.12. The molecule has 0 aliphatic rings. The molecule has 0 radical (unpaired) electrons. The fourth-order valence-electron chi connectivity index (χ4n) is 1.95. The van der Waals surface area contributed by atoms with Gasteiger partial charge in [-0.3, -0.25) is 0 Å². The van der Waals surface area contributed by atoms with Crippen LogP contribution >= 0.6 is 0 Å². The van der Waals surface area contributed by atoms with Crippen LogP contribution in [0.25, 0.3) is 0 Å². The highest BCUT2D eigenvalue weighted by Gasteiger charge is 2.09. The average molecular weight is 221 g/mol. The number of hydrogen-bond acceptors (Lipinski definition) is 2. The molecular weight excluding hydrogens is 198 g/mol. The second kappa shape index (κ2) is 7.42. The Balaban J connectivity index is 2.61. The molecule has 0 bridgehead atoms. The number of ether oxygens (including phenoxy) is 1. The average Bonchev–Trinajstić information content (AvgIpc) is 2.28. The van der Waals surface area contributed by atoms with E-state index in [1.165, 1.54) is 11.1 Å². The summed E-state index contributed by atoms with van der Waals surface area (Å²) in [6.07, 6.45) is 2.23. The number of methoxy groups -OCH3 is 1. The van der Waals surface area contributed by atoms with E-state index in [1.807, 2.05) is 0 Å². The third-order valence-corrected chi connectivity index (χ3v) is 2.74. The molecule has 1 rings (SSSR count). The smallest absolute Gasteiger partial charge is 0.0462 e. The van der Waals surface area contributed by atoms with Crippen LogP contribution in [-0.4, -0.2) is 20.3 Å². The Morgan fingerprint density at radius 2 is 2.19 bits per heavy atom. The van der Waals surface area contributed by atoms with Gasteiger partial charge in [-0.25, -0.2) is 0 Å². The zero-order valence-corrected chi connectivity index (χ0v) is 10.6. The van der Waals surface area contributed by atoms with E-state index in [9.17, 15) is 0 Å². The minimum atomic E-state index is 0.458. The number of hydrogen-bond donors (Lipinski definition) is 1. The van der Waals surface area contributed by atoms with E-state index in [0.29, 0.717) is 6.04 Å². The highest BCUT2D eigenvalue weighted by atomic mass is 16.5. The zero-order valence-electron chi connectivity index (χ0n) is 10.6. The molecule has 1 aromatic carbocycles. The van der Waals surface area contributed by atoms with E-state index >= 15 is 0 Å². The summed E-state index contributed by atoms with van der Waals surface area (Å²) in [7, 11) is 1.76. The zero-order chi connectivity index (χ0) is 11.8. The van der Waals surface area contributed by atoms with Gasteiger partial charge in [-0.1, -0.05) is 36.8 Å². The first-order valence-corrected chi connectivity index (χ1v) is 6.06. The van der Waals surface area contributed by atoms with Gasteiger partial charge in [0, 0.05) is 19.8 Å². The van der Waals surface area contributed by atoms with Crippen molar-refractivity contribution < 1.29 is 4.74 Å². The van der Waals surface area contributed by atoms with Crippen molar-refractivity contribution >= 4 is 0 Å². The van der Waals surface area contributed by atoms with Gasteiger partial charge in [-0.15, -0.1) is 0 Å². The van der Waals surface area contributed by atoms with Crippen LogP contribution in [0.2, 0.25) is 0 Å². The molecule has 0 spiro atoms. The maximum atomic E-state index is 5.10. The highest BCUT2D eigenvalue weighted by molar-refractivity contribution is 5.25. The highest BCUT2D eigenvalue weighted by Crippen LogP contribution is 2.19. The third kappa shape index (κ3) is 4.33. The maximum Gasteiger partial charge on any atom is 0.0462 e. The molecule has 1 N–H and O–H groups in total. The van der Waals surface area contributed by atoms with Crippen molar-refractivity contribution in [3.05, 3.63) is 35.4 Å². The number of rotatable bonds is 7. The van der Waals surface area contributed by atoms with Crippen LogP contribution in [0, 0.1) is 6.92 Å². The Bertz CT molecular complexity index is 299. The molecule has 1 unspecified atom stereocenters. The summed E-state index contributed by atoms with van der Waals surface area (Å²) in [5.41, 5.74) is 2.71.